The van der Waals surface area contributed by atoms with Gasteiger partial charge in [-0.2, -0.15) is 0 Å². The Morgan fingerprint density at radius 1 is 1.23 bits per heavy atom. The molecule has 2 rings (SSSR count). The maximum atomic E-state index is 12.8. The van der Waals surface area contributed by atoms with Gasteiger partial charge in [-0.3, -0.25) is 0 Å². The summed E-state index contributed by atoms with van der Waals surface area (Å²) in [5.74, 6) is 0. The molecule has 2 aromatic heterocycles. The number of aromatic nitrogens is 2. The monoisotopic (exact) mass is 395 g/mol. The Balaban J connectivity index is 2.34. The molecule has 7 heteroatoms. The lowest BCUT2D eigenvalue weighted by molar-refractivity contribution is 0.258. The van der Waals surface area contributed by atoms with Gasteiger partial charge in [0.05, 0.1) is 28.4 Å². The first-order valence-electron chi connectivity index (χ1n) is 9.06. The van der Waals surface area contributed by atoms with Gasteiger partial charge in [0.25, 0.3) is 0 Å². The molecule has 2 atom stereocenters. The number of fused-ring (bicyclic) bond motifs is 1. The topological polar surface area (TPSA) is 55.6 Å². The van der Waals surface area contributed by atoms with Gasteiger partial charge in [-0.1, -0.05) is 26.8 Å². The molecule has 2 heterocycles. The highest BCUT2D eigenvalue weighted by Gasteiger charge is 2.38. The fourth-order valence-corrected chi connectivity index (χ4v) is 4.07. The van der Waals surface area contributed by atoms with Crippen molar-refractivity contribution in [3.05, 3.63) is 36.3 Å². The van der Waals surface area contributed by atoms with Crippen LogP contribution in [-0.2, 0) is 15.4 Å². The number of nitrogens with zero attached hydrogens (tertiary/aromatic N) is 2. The van der Waals surface area contributed by atoms with Crippen LogP contribution in [0.2, 0.25) is 18.1 Å². The molecule has 1 N–H and O–H groups in total. The van der Waals surface area contributed by atoms with E-state index in [0.29, 0.717) is 6.61 Å². The highest BCUT2D eigenvalue weighted by Crippen LogP contribution is 2.37. The minimum Gasteiger partial charge on any atom is -0.415 e. The largest absolute Gasteiger partial charge is 0.415 e. The lowest BCUT2D eigenvalue weighted by Crippen LogP contribution is -2.44. The fourth-order valence-electron chi connectivity index (χ4n) is 2.24. The van der Waals surface area contributed by atoms with Crippen LogP contribution >= 0.6 is 0 Å². The molecule has 0 aliphatic rings. The van der Waals surface area contributed by atoms with Crippen molar-refractivity contribution in [3.63, 3.8) is 0 Å². The second kappa shape index (κ2) is 7.54. The van der Waals surface area contributed by atoms with Crippen molar-refractivity contribution in [2.75, 3.05) is 6.61 Å². The van der Waals surface area contributed by atoms with Crippen LogP contribution in [0.4, 0.5) is 0 Å². The second-order valence-corrected chi connectivity index (χ2v) is 16.1. The Hall–Kier alpha value is -1.02. The molecule has 0 aromatic carbocycles. The van der Waals surface area contributed by atoms with Crippen molar-refractivity contribution in [2.45, 2.75) is 70.5 Å². The van der Waals surface area contributed by atoms with Gasteiger partial charge in [0, 0.05) is 24.2 Å². The van der Waals surface area contributed by atoms with Crippen molar-refractivity contribution in [1.29, 1.82) is 0 Å². The van der Waals surface area contributed by atoms with Gasteiger partial charge in [0.1, 0.15) is 5.65 Å². The normalized spacial score (nSPS) is 16.0. The summed E-state index contributed by atoms with van der Waals surface area (Å²) in [5, 5.41) is 0.125. The molecule has 0 bridgehead atoms. The van der Waals surface area contributed by atoms with Crippen LogP contribution in [0.5, 0.6) is 0 Å². The van der Waals surface area contributed by atoms with E-state index in [2.05, 4.69) is 43.6 Å². The second-order valence-electron chi connectivity index (χ2n) is 9.24. The highest BCUT2D eigenvalue weighted by molar-refractivity contribution is 7.84. The third kappa shape index (κ3) is 4.82. The first-order chi connectivity index (χ1) is 11.8. The van der Waals surface area contributed by atoms with E-state index in [1.807, 2.05) is 49.7 Å². The summed E-state index contributed by atoms with van der Waals surface area (Å²) in [7, 11) is -3.11. The van der Waals surface area contributed by atoms with E-state index in [4.69, 9.17) is 4.43 Å². The third-order valence-corrected chi connectivity index (χ3v) is 11.2. The summed E-state index contributed by atoms with van der Waals surface area (Å²) in [6.45, 7) is 17.5. The molecule has 0 saturated carbocycles. The van der Waals surface area contributed by atoms with Gasteiger partial charge in [0.15, 0.2) is 8.32 Å². The molecule has 0 aliphatic carbocycles. The third-order valence-electron chi connectivity index (χ3n) is 5.05. The van der Waals surface area contributed by atoms with Gasteiger partial charge >= 0.3 is 0 Å². The van der Waals surface area contributed by atoms with Gasteiger partial charge < -0.3 is 8.83 Å². The van der Waals surface area contributed by atoms with E-state index < -0.39 is 19.3 Å². The number of rotatable bonds is 6. The zero-order chi connectivity index (χ0) is 19.8. The van der Waals surface area contributed by atoms with Crippen molar-refractivity contribution >= 4 is 25.0 Å². The molecule has 5 nitrogen and oxygen atoms in total. The van der Waals surface area contributed by atoms with Gasteiger partial charge in [-0.05, 0) is 45.0 Å². The van der Waals surface area contributed by atoms with E-state index in [0.717, 1.165) is 11.2 Å². The summed E-state index contributed by atoms with van der Waals surface area (Å²) < 4.78 is 24.2. The summed E-state index contributed by atoms with van der Waals surface area (Å²) in [6, 6.07) is 3.84. The number of hydrogen-bond donors (Lipinski definition) is 1. The molecule has 0 fully saturated rings. The Kier molecular flexibility index (Phi) is 6.17. The Bertz CT molecular complexity index is 775. The van der Waals surface area contributed by atoms with E-state index in [1.54, 1.807) is 6.20 Å². The standard InChI is InChI=1S/C19H33N3O2SSi/c1-18(2,3)25(23)21-16(14-24-26(7,8)19(4,5)6)15-10-9-12-22-13-11-20-17(15)22/h9-13,16,21H,14H2,1-8H3. The molecular formula is C19H33N3O2SSi. The Labute approximate surface area is 161 Å². The van der Waals surface area contributed by atoms with Crippen molar-refractivity contribution in [2.24, 2.45) is 0 Å². The molecule has 0 saturated heterocycles. The molecule has 0 spiro atoms. The minimum atomic E-state index is -1.92. The first kappa shape index (κ1) is 21.3. The van der Waals surface area contributed by atoms with Crippen molar-refractivity contribution in [3.8, 4) is 0 Å². The summed E-state index contributed by atoms with van der Waals surface area (Å²) in [4.78, 5) is 4.48. The molecular weight excluding hydrogens is 362 g/mol. The number of imidazole rings is 1. The lowest BCUT2D eigenvalue weighted by atomic mass is 10.1. The van der Waals surface area contributed by atoms with Gasteiger partial charge in [-0.25, -0.2) is 13.9 Å². The van der Waals surface area contributed by atoms with Crippen LogP contribution in [0.3, 0.4) is 0 Å². The van der Waals surface area contributed by atoms with E-state index in [-0.39, 0.29) is 15.8 Å². The van der Waals surface area contributed by atoms with Crippen LogP contribution in [-0.4, -0.2) is 33.3 Å². The Morgan fingerprint density at radius 2 is 1.88 bits per heavy atom. The summed E-state index contributed by atoms with van der Waals surface area (Å²) in [5.41, 5.74) is 1.88. The average Bonchev–Trinajstić information content (AvgIpc) is 2.97. The predicted octanol–water partition coefficient (Wildman–Crippen LogP) is 4.45. The highest BCUT2D eigenvalue weighted by atomic mass is 32.2. The molecule has 0 amide bonds. The zero-order valence-electron chi connectivity index (χ0n) is 17.3. The van der Waals surface area contributed by atoms with Crippen LogP contribution in [0.15, 0.2) is 30.7 Å². The number of hydrogen-bond acceptors (Lipinski definition) is 3. The first-order valence-corrected chi connectivity index (χ1v) is 13.1. The van der Waals surface area contributed by atoms with Crippen LogP contribution in [0.25, 0.3) is 5.65 Å². The summed E-state index contributed by atoms with van der Waals surface area (Å²) >= 11 is 0. The summed E-state index contributed by atoms with van der Waals surface area (Å²) in [6.07, 6.45) is 5.68. The van der Waals surface area contributed by atoms with E-state index in [1.165, 1.54) is 0 Å². The van der Waals surface area contributed by atoms with Crippen molar-refractivity contribution < 1.29 is 8.63 Å². The van der Waals surface area contributed by atoms with E-state index >= 15 is 0 Å². The molecule has 0 radical (unpaired) electrons. The maximum Gasteiger partial charge on any atom is 0.192 e. The quantitative estimate of drug-likeness (QED) is 0.735. The van der Waals surface area contributed by atoms with Crippen LogP contribution in [0.1, 0.15) is 53.1 Å². The zero-order valence-corrected chi connectivity index (χ0v) is 19.1. The molecule has 0 aliphatic heterocycles. The van der Waals surface area contributed by atoms with Crippen LogP contribution < -0.4 is 4.72 Å². The fraction of sp³-hybridized carbons (Fsp3) is 0.632. The average molecular weight is 396 g/mol. The van der Waals surface area contributed by atoms with Crippen LogP contribution in [0, 0.1) is 0 Å². The maximum absolute atomic E-state index is 12.8. The number of pyridine rings is 1. The smallest absolute Gasteiger partial charge is 0.192 e. The van der Waals surface area contributed by atoms with E-state index in [9.17, 15) is 4.21 Å². The molecule has 2 unspecified atom stereocenters. The molecule has 146 valence electrons. The van der Waals surface area contributed by atoms with Crippen molar-refractivity contribution in [1.82, 2.24) is 14.1 Å². The Morgan fingerprint density at radius 3 is 2.46 bits per heavy atom. The van der Waals surface area contributed by atoms with Gasteiger partial charge in [-0.15, -0.1) is 0 Å². The minimum absolute atomic E-state index is 0.125. The molecule has 26 heavy (non-hydrogen) atoms. The number of nitrogens with one attached hydrogen (secondary N) is 1. The van der Waals surface area contributed by atoms with Gasteiger partial charge in [0.2, 0.25) is 0 Å². The SMILES string of the molecule is CC(C)(C)S(=O)NC(CO[Si](C)(C)C(C)(C)C)c1cccn2ccnc12. The predicted molar refractivity (Wildman–Crippen MR) is 112 cm³/mol. The lowest BCUT2D eigenvalue weighted by Gasteiger charge is -2.37. The molecule has 2 aromatic rings.